The first-order chi connectivity index (χ1) is 10.1. The number of benzene rings is 2. The van der Waals surface area contributed by atoms with E-state index in [1.165, 1.54) is 0 Å². The number of rotatable bonds is 6. The number of aliphatic hydroxyl groups is 1. The Balaban J connectivity index is 2.05. The van der Waals surface area contributed by atoms with E-state index in [1.807, 2.05) is 49.4 Å². The van der Waals surface area contributed by atoms with Crippen molar-refractivity contribution in [2.24, 2.45) is 0 Å². The first-order valence-electron chi connectivity index (χ1n) is 7.12. The first kappa shape index (κ1) is 15.4. The molecule has 2 aromatic carbocycles. The molecule has 0 heterocycles. The van der Waals surface area contributed by atoms with Crippen LogP contribution in [-0.2, 0) is 13.0 Å². The van der Waals surface area contributed by atoms with Crippen molar-refractivity contribution in [2.45, 2.75) is 33.0 Å². The number of hydrogen-bond acceptors (Lipinski definition) is 3. The SMILES string of the molecule is COc1ccc(COc2cccc(C[C@@H](C)O)c2C)cc1. The Morgan fingerprint density at radius 3 is 2.43 bits per heavy atom. The smallest absolute Gasteiger partial charge is 0.122 e. The molecule has 0 aliphatic heterocycles. The fourth-order valence-corrected chi connectivity index (χ4v) is 2.24. The summed E-state index contributed by atoms with van der Waals surface area (Å²) in [5.41, 5.74) is 3.31. The molecule has 0 spiro atoms. The molecule has 2 aromatic rings. The van der Waals surface area contributed by atoms with Gasteiger partial charge in [0.25, 0.3) is 0 Å². The van der Waals surface area contributed by atoms with Gasteiger partial charge in [0.05, 0.1) is 13.2 Å². The summed E-state index contributed by atoms with van der Waals surface area (Å²) in [6, 6.07) is 13.8. The Hall–Kier alpha value is -2.00. The Morgan fingerprint density at radius 1 is 1.10 bits per heavy atom. The normalized spacial score (nSPS) is 12.0. The van der Waals surface area contributed by atoms with Crippen molar-refractivity contribution in [3.05, 3.63) is 59.2 Å². The van der Waals surface area contributed by atoms with E-state index in [-0.39, 0.29) is 6.10 Å². The molecule has 0 aliphatic carbocycles. The molecule has 2 rings (SSSR count). The predicted octanol–water partition coefficient (Wildman–Crippen LogP) is 3.51. The Kier molecular flexibility index (Phi) is 5.23. The second-order valence-electron chi connectivity index (χ2n) is 5.23. The van der Waals surface area contributed by atoms with Gasteiger partial charge in [-0.1, -0.05) is 24.3 Å². The highest BCUT2D eigenvalue weighted by molar-refractivity contribution is 5.39. The molecule has 21 heavy (non-hydrogen) atoms. The molecule has 0 saturated heterocycles. The molecule has 3 nitrogen and oxygen atoms in total. The largest absolute Gasteiger partial charge is 0.497 e. The second-order valence-corrected chi connectivity index (χ2v) is 5.23. The summed E-state index contributed by atoms with van der Waals surface area (Å²) in [6.45, 7) is 4.34. The fourth-order valence-electron chi connectivity index (χ4n) is 2.24. The lowest BCUT2D eigenvalue weighted by Gasteiger charge is -2.14. The van der Waals surface area contributed by atoms with Crippen molar-refractivity contribution in [2.75, 3.05) is 7.11 Å². The summed E-state index contributed by atoms with van der Waals surface area (Å²) >= 11 is 0. The van der Waals surface area contributed by atoms with Crippen molar-refractivity contribution in [1.29, 1.82) is 0 Å². The first-order valence-corrected chi connectivity index (χ1v) is 7.12. The van der Waals surface area contributed by atoms with E-state index in [1.54, 1.807) is 14.0 Å². The Bertz CT molecular complexity index is 574. The molecule has 0 saturated carbocycles. The Morgan fingerprint density at radius 2 is 1.81 bits per heavy atom. The van der Waals surface area contributed by atoms with E-state index in [4.69, 9.17) is 9.47 Å². The van der Waals surface area contributed by atoms with E-state index >= 15 is 0 Å². The minimum Gasteiger partial charge on any atom is -0.497 e. The van der Waals surface area contributed by atoms with Gasteiger partial charge in [-0.25, -0.2) is 0 Å². The summed E-state index contributed by atoms with van der Waals surface area (Å²) in [6.07, 6.45) is 0.298. The highest BCUT2D eigenvalue weighted by Gasteiger charge is 2.07. The standard InChI is InChI=1S/C18H22O3/c1-13(19)11-16-5-4-6-18(14(16)2)21-12-15-7-9-17(20-3)10-8-15/h4-10,13,19H,11-12H2,1-3H3/t13-/m1/s1. The van der Waals surface area contributed by atoms with E-state index in [0.29, 0.717) is 13.0 Å². The fraction of sp³-hybridized carbons (Fsp3) is 0.333. The number of ether oxygens (including phenoxy) is 2. The lowest BCUT2D eigenvalue weighted by Crippen LogP contribution is -2.06. The number of hydrogen-bond donors (Lipinski definition) is 1. The van der Waals surface area contributed by atoms with E-state index in [0.717, 1.165) is 28.2 Å². The third kappa shape index (κ3) is 4.23. The van der Waals surface area contributed by atoms with Crippen LogP contribution in [0.3, 0.4) is 0 Å². The molecule has 0 amide bonds. The van der Waals surface area contributed by atoms with Crippen molar-refractivity contribution in [3.8, 4) is 11.5 Å². The highest BCUT2D eigenvalue weighted by atomic mass is 16.5. The molecule has 0 unspecified atom stereocenters. The van der Waals surface area contributed by atoms with Gasteiger partial charge < -0.3 is 14.6 Å². The van der Waals surface area contributed by atoms with Crippen molar-refractivity contribution >= 4 is 0 Å². The summed E-state index contributed by atoms with van der Waals surface area (Å²) in [5, 5.41) is 9.53. The summed E-state index contributed by atoms with van der Waals surface area (Å²) in [7, 11) is 1.66. The monoisotopic (exact) mass is 286 g/mol. The highest BCUT2D eigenvalue weighted by Crippen LogP contribution is 2.24. The van der Waals surface area contributed by atoms with Gasteiger partial charge in [-0.2, -0.15) is 0 Å². The number of aliphatic hydroxyl groups excluding tert-OH is 1. The average Bonchev–Trinajstić information content (AvgIpc) is 2.48. The topological polar surface area (TPSA) is 38.7 Å². The van der Waals surface area contributed by atoms with Crippen LogP contribution in [0.15, 0.2) is 42.5 Å². The zero-order chi connectivity index (χ0) is 15.2. The zero-order valence-corrected chi connectivity index (χ0v) is 12.8. The van der Waals surface area contributed by atoms with Gasteiger partial charge in [-0.05, 0) is 55.2 Å². The van der Waals surface area contributed by atoms with Crippen molar-refractivity contribution < 1.29 is 14.6 Å². The predicted molar refractivity (Wildman–Crippen MR) is 83.9 cm³/mol. The molecule has 0 radical (unpaired) electrons. The molecule has 3 heteroatoms. The molecule has 112 valence electrons. The van der Waals surface area contributed by atoms with Gasteiger partial charge in [-0.15, -0.1) is 0 Å². The third-order valence-corrected chi connectivity index (χ3v) is 3.46. The third-order valence-electron chi connectivity index (χ3n) is 3.46. The van der Waals surface area contributed by atoms with E-state index in [9.17, 15) is 5.11 Å². The minimum atomic E-state index is -0.347. The summed E-state index contributed by atoms with van der Waals surface area (Å²) in [5.74, 6) is 1.71. The van der Waals surface area contributed by atoms with Gasteiger partial charge in [0.1, 0.15) is 18.1 Å². The molecule has 0 aromatic heterocycles. The van der Waals surface area contributed by atoms with Crippen LogP contribution in [0.2, 0.25) is 0 Å². The van der Waals surface area contributed by atoms with Crippen LogP contribution in [-0.4, -0.2) is 18.3 Å². The van der Waals surface area contributed by atoms with Crippen molar-refractivity contribution in [3.63, 3.8) is 0 Å². The zero-order valence-electron chi connectivity index (χ0n) is 12.8. The number of methoxy groups -OCH3 is 1. The molecule has 0 aliphatic rings. The molecule has 0 fully saturated rings. The van der Waals surface area contributed by atoms with Crippen LogP contribution in [0.5, 0.6) is 11.5 Å². The van der Waals surface area contributed by atoms with Crippen LogP contribution in [0.1, 0.15) is 23.6 Å². The van der Waals surface area contributed by atoms with Crippen LogP contribution in [0, 0.1) is 6.92 Å². The average molecular weight is 286 g/mol. The van der Waals surface area contributed by atoms with Crippen LogP contribution >= 0.6 is 0 Å². The molecular formula is C18H22O3. The molecule has 1 N–H and O–H groups in total. The van der Waals surface area contributed by atoms with Crippen LogP contribution in [0.4, 0.5) is 0 Å². The van der Waals surface area contributed by atoms with E-state index in [2.05, 4.69) is 0 Å². The summed E-state index contributed by atoms with van der Waals surface area (Å²) in [4.78, 5) is 0. The quantitative estimate of drug-likeness (QED) is 0.883. The molecular weight excluding hydrogens is 264 g/mol. The Labute approximate surface area is 126 Å². The van der Waals surface area contributed by atoms with Crippen LogP contribution < -0.4 is 9.47 Å². The maximum atomic E-state index is 9.53. The van der Waals surface area contributed by atoms with Gasteiger partial charge in [0.2, 0.25) is 0 Å². The minimum absolute atomic E-state index is 0.347. The van der Waals surface area contributed by atoms with E-state index < -0.39 is 0 Å². The maximum absolute atomic E-state index is 9.53. The second kappa shape index (κ2) is 7.14. The molecule has 1 atom stereocenters. The van der Waals surface area contributed by atoms with Crippen LogP contribution in [0.25, 0.3) is 0 Å². The van der Waals surface area contributed by atoms with Gasteiger partial charge in [0.15, 0.2) is 0 Å². The summed E-state index contributed by atoms with van der Waals surface area (Å²) < 4.78 is 11.0. The van der Waals surface area contributed by atoms with Crippen molar-refractivity contribution in [1.82, 2.24) is 0 Å². The van der Waals surface area contributed by atoms with Gasteiger partial charge >= 0.3 is 0 Å². The molecule has 0 bridgehead atoms. The lowest BCUT2D eigenvalue weighted by atomic mass is 10.0. The van der Waals surface area contributed by atoms with Gasteiger partial charge in [-0.3, -0.25) is 0 Å². The lowest BCUT2D eigenvalue weighted by molar-refractivity contribution is 0.195. The maximum Gasteiger partial charge on any atom is 0.122 e. The van der Waals surface area contributed by atoms with Gasteiger partial charge in [0, 0.05) is 0 Å².